The minimum Gasteiger partial charge on any atom is -0.479 e. The maximum Gasteiger partial charge on any atom is 0.332 e. The van der Waals surface area contributed by atoms with Gasteiger partial charge in [0.05, 0.1) is 56.9 Å². The highest BCUT2D eigenvalue weighted by Gasteiger charge is 2.56. The van der Waals surface area contributed by atoms with Crippen molar-refractivity contribution in [2.45, 2.75) is 541 Å². The Bertz CT molecular complexity index is 3260. The summed E-state index contributed by atoms with van der Waals surface area (Å²) < 4.78 is 93.4. The SMILES string of the molecule is CCCCCCC(CCCC(O)CCCCCCCCCCCCC[C@@H](O)C(C)=O)O[C@H]1OC[C@H](O)[C@@H](O)[C@@H]1O[C@H]1OC[C@H](OC(C)=O)[C@@H](O)[C@@H]1O[C@H]1O[C@@H](COC(=O)CC(C)C)[C@H](O)[C@@H](O)[C@@H]1O.CCCC[C@@H](CCC[C@H](O)[C@@H](O)CCCCCCCCCCCCCC[C@@H](O)C(=O)O)O[C@H]1OC[C@H](O)[C@@H](O)[C@@H]1O[C@H]1OC[C@H](O)[C@@H](O)[C@@H]1O[C@H]1O[C@@H](COC(=O)CC(C)C)[C@H](OC(C)=O)[C@@H](O)[C@@H]1O. The number of carbonyl (C=O) groups excluding carboxylic acids is 5. The summed E-state index contributed by atoms with van der Waals surface area (Å²) >= 11 is 0. The Hall–Kier alpha value is -4.14. The van der Waals surface area contributed by atoms with Crippen LogP contribution in [0.1, 0.15) is 338 Å². The number of hydrogen-bond acceptors (Lipinski definition) is 39. The summed E-state index contributed by atoms with van der Waals surface area (Å²) in [7, 11) is 0. The van der Waals surface area contributed by atoms with Gasteiger partial charge in [-0.15, -0.1) is 0 Å². The molecule has 6 heterocycles. The molecule has 0 radical (unpaired) electrons. The molecular formula is C99H178O40. The Labute approximate surface area is 821 Å². The second kappa shape index (κ2) is 69.9. The van der Waals surface area contributed by atoms with E-state index >= 15 is 0 Å². The first-order valence-electron chi connectivity index (χ1n) is 51.9. The number of esters is 4. The molecule has 0 spiro atoms. The largest absolute Gasteiger partial charge is 0.479 e. The fourth-order valence-corrected chi connectivity index (χ4v) is 17.8. The van der Waals surface area contributed by atoms with Gasteiger partial charge in [-0.3, -0.25) is 24.0 Å². The molecule has 0 aromatic carbocycles. The van der Waals surface area contributed by atoms with E-state index in [0.717, 1.165) is 168 Å². The van der Waals surface area contributed by atoms with Gasteiger partial charge in [-0.1, -0.05) is 228 Å². The molecule has 6 aliphatic rings. The molecule has 0 aromatic rings. The summed E-state index contributed by atoms with van der Waals surface area (Å²) in [6, 6.07) is 0. The number of unbranched alkanes of at least 4 members (excludes halogenated alkanes) is 25. The minimum absolute atomic E-state index is 0.0161. The standard InChI is InChI=1S/C50H90O19.C49H88O21/c1-6-7-8-19-24-35(25-21-23-34(53)22-18-16-14-12-10-9-11-13-15-17-20-26-36(54)32(4)51)66-49-46(41(57)37(55)28-63-49)69-50-47(43(59)39(30-64-50)65-33(5)52)68-48-45(61)44(60)42(58)38(67-48)29-62-40(56)27-31(2)3;1-5-6-20-31(21-19-24-33(52)32(51)22-17-15-13-11-9-7-8-10-12-14-16-18-23-34(53)46(61)62)67-48-44(39(57)35(54)26-64-48)70-49-45(40(58)36(55)27-65-49)69-47-42(60)41(59)43(66-30(4)50)37(68-47)28-63-38(56)25-29(2)3/h31,34-39,41-50,53-55,57-61H,6-30H2,1-5H3;29,31-37,39-45,47-49,51-55,57-60H,5-28H2,1-4H3,(H,61,62)/t34?,35?,36-,37+,38+,39+,41-,42+,43-,44-,45+,46+,47+,48-,49-,50-;31-,32-,33-,34+,35-,36-,37-,39+,40+,41-,42-,43-,44-,45-,47+,48+,49+/m10/s1. The third-order valence-corrected chi connectivity index (χ3v) is 26.2. The van der Waals surface area contributed by atoms with E-state index < -0.39 is 253 Å². The molecule has 40 nitrogen and oxygen atoms in total. The topological polar surface area (TPSA) is 614 Å². The number of Topliss-reactive ketones (excluding diaryl/α,β-unsaturated/α-hetero) is 1. The minimum atomic E-state index is -1.91. The smallest absolute Gasteiger partial charge is 0.332 e. The second-order valence-corrected chi connectivity index (χ2v) is 39.6. The lowest BCUT2D eigenvalue weighted by atomic mass is 9.98. The van der Waals surface area contributed by atoms with Gasteiger partial charge in [-0.2, -0.15) is 0 Å². The number of ether oxygens (including phenoxy) is 16. The van der Waals surface area contributed by atoms with Crippen LogP contribution in [0.3, 0.4) is 0 Å². The molecule has 2 unspecified atom stereocenters. The lowest BCUT2D eigenvalue weighted by Gasteiger charge is -2.46. The van der Waals surface area contributed by atoms with Gasteiger partial charge in [0.15, 0.2) is 61.8 Å². The molecule has 814 valence electrons. The third kappa shape index (κ3) is 47.7. The molecule has 0 amide bonds. The predicted octanol–water partition coefficient (Wildman–Crippen LogP) is 6.04. The highest BCUT2D eigenvalue weighted by Crippen LogP contribution is 2.37. The van der Waals surface area contributed by atoms with Crippen molar-refractivity contribution in [3.05, 3.63) is 0 Å². The van der Waals surface area contributed by atoms with Crippen molar-refractivity contribution in [1.29, 1.82) is 0 Å². The highest BCUT2D eigenvalue weighted by molar-refractivity contribution is 5.80. The molecule has 0 bridgehead atoms. The summed E-state index contributed by atoms with van der Waals surface area (Å²) in [4.78, 5) is 70.4. The van der Waals surface area contributed by atoms with Gasteiger partial charge in [0.2, 0.25) is 0 Å². The van der Waals surface area contributed by atoms with Gasteiger partial charge in [-0.25, -0.2) is 4.79 Å². The zero-order chi connectivity index (χ0) is 103. The van der Waals surface area contributed by atoms with Crippen molar-refractivity contribution >= 4 is 35.6 Å². The Morgan fingerprint density at radius 1 is 0.317 bits per heavy atom. The van der Waals surface area contributed by atoms with E-state index in [2.05, 4.69) is 6.92 Å². The number of aliphatic hydroxyl groups excluding tert-OH is 17. The zero-order valence-electron chi connectivity index (χ0n) is 83.9. The van der Waals surface area contributed by atoms with E-state index in [1.165, 1.54) is 39.0 Å². The Morgan fingerprint density at radius 3 is 1.08 bits per heavy atom. The van der Waals surface area contributed by atoms with Gasteiger partial charge in [-0.05, 0) is 95.8 Å². The van der Waals surface area contributed by atoms with Crippen LogP contribution in [0.5, 0.6) is 0 Å². The van der Waals surface area contributed by atoms with Crippen molar-refractivity contribution in [3.8, 4) is 0 Å². The van der Waals surface area contributed by atoms with Crippen LogP contribution in [0.2, 0.25) is 0 Å². The van der Waals surface area contributed by atoms with Crippen molar-refractivity contribution in [3.63, 3.8) is 0 Å². The summed E-state index contributed by atoms with van der Waals surface area (Å²) in [6.45, 7) is 12.5. The fourth-order valence-electron chi connectivity index (χ4n) is 17.8. The Balaban J connectivity index is 0.000000490. The van der Waals surface area contributed by atoms with Gasteiger partial charge >= 0.3 is 29.8 Å². The average Bonchev–Trinajstić information content (AvgIpc) is 0.784. The predicted molar refractivity (Wildman–Crippen MR) is 499 cm³/mol. The average molecular weight is 2010 g/mol. The maximum absolute atomic E-state index is 12.4. The van der Waals surface area contributed by atoms with Crippen LogP contribution in [-0.2, 0) is 105 Å². The third-order valence-electron chi connectivity index (χ3n) is 26.2. The Morgan fingerprint density at radius 2 is 0.647 bits per heavy atom. The number of carbonyl (C=O) groups is 6. The molecule has 40 heteroatoms. The van der Waals surface area contributed by atoms with Crippen LogP contribution in [0, 0.1) is 11.8 Å². The molecule has 6 aliphatic heterocycles. The van der Waals surface area contributed by atoms with Crippen molar-refractivity contribution in [2.24, 2.45) is 11.8 Å². The number of carboxylic acid groups (broad SMARTS) is 1. The van der Waals surface area contributed by atoms with E-state index in [9.17, 15) is 116 Å². The van der Waals surface area contributed by atoms with Gasteiger partial charge in [0.25, 0.3) is 0 Å². The Kier molecular flexibility index (Phi) is 63.0. The molecule has 6 saturated heterocycles. The first-order chi connectivity index (χ1) is 66.3. The van der Waals surface area contributed by atoms with Gasteiger partial charge in [0, 0.05) is 26.7 Å². The summed E-state index contributed by atoms with van der Waals surface area (Å²) in [5.41, 5.74) is 0. The molecule has 0 aliphatic carbocycles. The highest BCUT2D eigenvalue weighted by atomic mass is 16.8. The molecule has 6 rings (SSSR count). The molecule has 0 saturated carbocycles. The number of hydrogen-bond donors (Lipinski definition) is 18. The number of aliphatic carboxylic acids is 1. The first-order valence-corrected chi connectivity index (χ1v) is 51.9. The quantitative estimate of drug-likeness (QED) is 0.0187. The van der Waals surface area contributed by atoms with Gasteiger partial charge < -0.3 is 168 Å². The van der Waals surface area contributed by atoms with Gasteiger partial charge in [0.1, 0.15) is 129 Å². The number of aliphatic hydroxyl groups is 17. The van der Waals surface area contributed by atoms with Crippen LogP contribution in [0.4, 0.5) is 0 Å². The van der Waals surface area contributed by atoms with Crippen molar-refractivity contribution in [1.82, 2.24) is 0 Å². The first kappa shape index (κ1) is 125. The molecule has 139 heavy (non-hydrogen) atoms. The van der Waals surface area contributed by atoms with Crippen LogP contribution in [0.25, 0.3) is 0 Å². The van der Waals surface area contributed by atoms with E-state index in [0.29, 0.717) is 77.0 Å². The van der Waals surface area contributed by atoms with Crippen LogP contribution in [0.15, 0.2) is 0 Å². The molecule has 6 fully saturated rings. The lowest BCUT2D eigenvalue weighted by molar-refractivity contribution is -0.380. The maximum atomic E-state index is 12.4. The normalized spacial score (nSPS) is 31.1. The van der Waals surface area contributed by atoms with E-state index in [4.69, 9.17) is 80.9 Å². The molecule has 18 N–H and O–H groups in total. The van der Waals surface area contributed by atoms with Crippen molar-refractivity contribution < 1.29 is 196 Å². The van der Waals surface area contributed by atoms with Crippen LogP contribution >= 0.6 is 0 Å². The fraction of sp³-hybridized carbons (Fsp3) is 0.939. The number of rotatable bonds is 70. The lowest BCUT2D eigenvalue weighted by Crippen LogP contribution is -2.65. The number of ketones is 1. The monoisotopic (exact) mass is 2010 g/mol. The molecule has 33 atom stereocenters. The van der Waals surface area contributed by atoms with E-state index in [1.807, 2.05) is 20.8 Å². The van der Waals surface area contributed by atoms with Crippen LogP contribution in [-0.4, -0.2) is 370 Å². The molecular weight excluding hydrogens is 1830 g/mol. The molecule has 0 aromatic heterocycles. The number of carboxylic acids is 1. The second-order valence-electron chi connectivity index (χ2n) is 39.6. The summed E-state index contributed by atoms with van der Waals surface area (Å²) in [6.07, 6.45) is -10.1. The van der Waals surface area contributed by atoms with Crippen LogP contribution < -0.4 is 0 Å². The van der Waals surface area contributed by atoms with E-state index in [-0.39, 0.29) is 49.8 Å². The zero-order valence-corrected chi connectivity index (χ0v) is 83.9. The summed E-state index contributed by atoms with van der Waals surface area (Å²) in [5.74, 6) is -4.12. The summed E-state index contributed by atoms with van der Waals surface area (Å²) in [5, 5.41) is 192. The van der Waals surface area contributed by atoms with E-state index in [1.54, 1.807) is 13.8 Å². The van der Waals surface area contributed by atoms with Crippen molar-refractivity contribution in [2.75, 3.05) is 39.6 Å².